The van der Waals surface area contributed by atoms with Crippen LogP contribution in [0, 0.1) is 6.92 Å². The molecule has 146 valence electrons. The molecule has 0 fully saturated rings. The van der Waals surface area contributed by atoms with E-state index in [2.05, 4.69) is 69.7 Å². The minimum absolute atomic E-state index is 0.00868. The van der Waals surface area contributed by atoms with Crippen molar-refractivity contribution >= 4 is 16.2 Å². The highest BCUT2D eigenvalue weighted by atomic mass is 32.2. The average Bonchev–Trinajstić information content (AvgIpc) is 2.53. The van der Waals surface area contributed by atoms with Crippen LogP contribution >= 0.6 is 0 Å². The van der Waals surface area contributed by atoms with Gasteiger partial charge in [0.1, 0.15) is 0 Å². The summed E-state index contributed by atoms with van der Waals surface area (Å²) in [5.41, 5.74) is 4.25. The molecule has 0 atom stereocenters. The van der Waals surface area contributed by atoms with Gasteiger partial charge in [-0.05, 0) is 58.7 Å². The molecule has 0 radical (unpaired) electrons. The van der Waals surface area contributed by atoms with Crippen LogP contribution in [0.15, 0.2) is 52.5 Å². The van der Waals surface area contributed by atoms with E-state index in [9.17, 15) is 8.42 Å². The van der Waals surface area contributed by atoms with E-state index in [1.807, 2.05) is 6.92 Å². The fourth-order valence-electron chi connectivity index (χ4n) is 2.53. The molecular weight excluding hydrogens is 356 g/mol. The highest BCUT2D eigenvalue weighted by Gasteiger charge is 2.20. The predicted octanol–water partition coefficient (Wildman–Crippen LogP) is 4.90. The van der Waals surface area contributed by atoms with Crippen molar-refractivity contribution in [3.05, 3.63) is 64.7 Å². The quantitative estimate of drug-likeness (QED) is 0.600. The van der Waals surface area contributed by atoms with Crippen molar-refractivity contribution < 1.29 is 8.42 Å². The smallest absolute Gasteiger partial charge is 0.200 e. The maximum absolute atomic E-state index is 12.4. The topological polar surface area (TPSA) is 58.5 Å². The highest BCUT2D eigenvalue weighted by molar-refractivity contribution is 7.89. The zero-order valence-electron chi connectivity index (χ0n) is 17.3. The summed E-state index contributed by atoms with van der Waals surface area (Å²) in [7, 11) is -3.67. The molecule has 0 bridgehead atoms. The number of hydrogen-bond acceptors (Lipinski definition) is 3. The van der Waals surface area contributed by atoms with Gasteiger partial charge >= 0.3 is 0 Å². The third kappa shape index (κ3) is 5.67. The second-order valence-corrected chi connectivity index (χ2v) is 10.7. The third-order valence-corrected chi connectivity index (χ3v) is 5.64. The van der Waals surface area contributed by atoms with Gasteiger partial charge in [-0.15, -0.1) is 0 Å². The van der Waals surface area contributed by atoms with Crippen molar-refractivity contribution in [1.82, 2.24) is 4.83 Å². The van der Waals surface area contributed by atoms with E-state index >= 15 is 0 Å². The molecule has 2 aromatic carbocycles. The molecule has 27 heavy (non-hydrogen) atoms. The lowest BCUT2D eigenvalue weighted by Gasteiger charge is -2.25. The Morgan fingerprint density at radius 2 is 1.33 bits per heavy atom. The lowest BCUT2D eigenvalue weighted by Crippen LogP contribution is -2.19. The van der Waals surface area contributed by atoms with Gasteiger partial charge in [-0.3, -0.25) is 0 Å². The molecule has 5 heteroatoms. The summed E-state index contributed by atoms with van der Waals surface area (Å²) in [6.45, 7) is 14.9. The first-order valence-electron chi connectivity index (χ1n) is 9.07. The number of hydrazone groups is 1. The maximum atomic E-state index is 12.4. The van der Waals surface area contributed by atoms with Crippen LogP contribution < -0.4 is 4.83 Å². The Morgan fingerprint density at radius 3 is 1.78 bits per heavy atom. The summed E-state index contributed by atoms with van der Waals surface area (Å²) in [6, 6.07) is 13.0. The van der Waals surface area contributed by atoms with Crippen LogP contribution in [0.25, 0.3) is 0 Å². The van der Waals surface area contributed by atoms with Gasteiger partial charge in [0.15, 0.2) is 0 Å². The zero-order valence-corrected chi connectivity index (χ0v) is 18.1. The van der Waals surface area contributed by atoms with Crippen LogP contribution in [0.3, 0.4) is 0 Å². The van der Waals surface area contributed by atoms with Crippen LogP contribution in [0.5, 0.6) is 0 Å². The molecule has 0 heterocycles. The fourth-order valence-corrected chi connectivity index (χ4v) is 3.32. The number of nitrogens with one attached hydrogen (secondary N) is 1. The monoisotopic (exact) mass is 386 g/mol. The van der Waals surface area contributed by atoms with Gasteiger partial charge in [0.05, 0.1) is 11.1 Å². The van der Waals surface area contributed by atoms with E-state index in [1.54, 1.807) is 30.5 Å². The number of hydrogen-bond donors (Lipinski definition) is 1. The molecule has 0 aliphatic rings. The standard InChI is InChI=1S/C22H30N2O2S/c1-16-8-10-20(11-9-16)27(25,26)24-23-15-17-12-18(21(2,3)4)14-19(13-17)22(5,6)7/h8-15,24H,1-7H3/b23-15+. The number of aryl methyl sites for hydroxylation is 1. The largest absolute Gasteiger partial charge is 0.276 e. The molecule has 2 rings (SSSR count). The molecule has 0 unspecified atom stereocenters. The molecule has 0 amide bonds. The van der Waals surface area contributed by atoms with E-state index in [0.717, 1.165) is 11.1 Å². The lowest BCUT2D eigenvalue weighted by atomic mass is 9.80. The molecule has 0 saturated carbocycles. The fraction of sp³-hybridized carbons (Fsp3) is 0.409. The Bertz CT molecular complexity index is 898. The van der Waals surface area contributed by atoms with Crippen molar-refractivity contribution in [3.63, 3.8) is 0 Å². The van der Waals surface area contributed by atoms with E-state index in [0.29, 0.717) is 0 Å². The number of benzene rings is 2. The van der Waals surface area contributed by atoms with Crippen molar-refractivity contribution in [2.75, 3.05) is 0 Å². The molecule has 0 aliphatic carbocycles. The first-order valence-corrected chi connectivity index (χ1v) is 10.5. The normalized spacial score (nSPS) is 13.1. The second kappa shape index (κ2) is 7.47. The van der Waals surface area contributed by atoms with E-state index < -0.39 is 10.0 Å². The molecule has 1 N–H and O–H groups in total. The van der Waals surface area contributed by atoms with Crippen LogP contribution in [-0.4, -0.2) is 14.6 Å². The summed E-state index contributed by atoms with van der Waals surface area (Å²) < 4.78 is 24.7. The molecule has 0 aliphatic heterocycles. The highest BCUT2D eigenvalue weighted by Crippen LogP contribution is 2.29. The SMILES string of the molecule is Cc1ccc(S(=O)(=O)N/N=C/c2cc(C(C)(C)C)cc(C(C)(C)C)c2)cc1. The van der Waals surface area contributed by atoms with E-state index in [4.69, 9.17) is 0 Å². The van der Waals surface area contributed by atoms with Crippen molar-refractivity contribution in [3.8, 4) is 0 Å². The van der Waals surface area contributed by atoms with Gasteiger partial charge in [-0.25, -0.2) is 4.83 Å². The first-order chi connectivity index (χ1) is 12.3. The lowest BCUT2D eigenvalue weighted by molar-refractivity contribution is 0.568. The van der Waals surface area contributed by atoms with Crippen LogP contribution in [0.1, 0.15) is 63.8 Å². The summed E-state index contributed by atoms with van der Waals surface area (Å²) in [4.78, 5) is 2.50. The number of rotatable bonds is 4. The minimum atomic E-state index is -3.67. The summed E-state index contributed by atoms with van der Waals surface area (Å²) in [5, 5.41) is 4.00. The van der Waals surface area contributed by atoms with Gasteiger partial charge in [0.25, 0.3) is 10.0 Å². The summed E-state index contributed by atoms with van der Waals surface area (Å²) in [6.07, 6.45) is 1.57. The first kappa shape index (κ1) is 21.2. The van der Waals surface area contributed by atoms with E-state index in [-0.39, 0.29) is 15.7 Å². The van der Waals surface area contributed by atoms with Crippen molar-refractivity contribution in [2.24, 2.45) is 5.10 Å². The van der Waals surface area contributed by atoms with Gasteiger partial charge in [-0.2, -0.15) is 13.5 Å². The third-order valence-electron chi connectivity index (χ3n) is 4.41. The van der Waals surface area contributed by atoms with Gasteiger partial charge in [0.2, 0.25) is 0 Å². The van der Waals surface area contributed by atoms with Crippen molar-refractivity contribution in [1.29, 1.82) is 0 Å². The molecule has 0 saturated heterocycles. The van der Waals surface area contributed by atoms with Gasteiger partial charge in [-0.1, -0.05) is 65.3 Å². The molecular formula is C22H30N2O2S. The number of nitrogens with zero attached hydrogens (tertiary/aromatic N) is 1. The molecule has 2 aromatic rings. The Hall–Kier alpha value is -2.14. The van der Waals surface area contributed by atoms with Crippen LogP contribution in [0.4, 0.5) is 0 Å². The Balaban J connectivity index is 2.31. The maximum Gasteiger partial charge on any atom is 0.276 e. The molecule has 0 spiro atoms. The Kier molecular flexibility index (Phi) is 5.85. The van der Waals surface area contributed by atoms with Crippen LogP contribution in [-0.2, 0) is 20.9 Å². The van der Waals surface area contributed by atoms with Crippen LogP contribution in [0.2, 0.25) is 0 Å². The zero-order chi connectivity index (χ0) is 20.5. The van der Waals surface area contributed by atoms with Gasteiger partial charge in [0, 0.05) is 0 Å². The number of sulfonamides is 1. The Labute approximate surface area is 163 Å². The minimum Gasteiger partial charge on any atom is -0.200 e. The second-order valence-electron chi connectivity index (χ2n) is 9.01. The molecule has 0 aromatic heterocycles. The Morgan fingerprint density at radius 1 is 0.852 bits per heavy atom. The van der Waals surface area contributed by atoms with Gasteiger partial charge < -0.3 is 0 Å². The van der Waals surface area contributed by atoms with E-state index in [1.165, 1.54) is 11.1 Å². The summed E-state index contributed by atoms with van der Waals surface area (Å²) >= 11 is 0. The predicted molar refractivity (Wildman–Crippen MR) is 113 cm³/mol. The average molecular weight is 387 g/mol. The van der Waals surface area contributed by atoms with Crippen molar-refractivity contribution in [2.45, 2.75) is 64.2 Å². The summed E-state index contributed by atoms with van der Waals surface area (Å²) in [5.74, 6) is 0. The molecule has 4 nitrogen and oxygen atoms in total.